The van der Waals surface area contributed by atoms with Crippen molar-refractivity contribution in [3.8, 4) is 0 Å². The van der Waals surface area contributed by atoms with Crippen molar-refractivity contribution in [2.45, 2.75) is 38.6 Å². The summed E-state index contributed by atoms with van der Waals surface area (Å²) in [6.45, 7) is 7.45. The molecule has 5 nitrogen and oxygen atoms in total. The van der Waals surface area contributed by atoms with Crippen LogP contribution in [0.15, 0.2) is 71.6 Å². The van der Waals surface area contributed by atoms with Gasteiger partial charge in [-0.05, 0) is 86.3 Å². The zero-order chi connectivity index (χ0) is 23.5. The molecule has 0 aliphatic heterocycles. The second-order valence-corrected chi connectivity index (χ2v) is 9.75. The van der Waals surface area contributed by atoms with E-state index in [0.717, 1.165) is 21.0 Å². The van der Waals surface area contributed by atoms with Gasteiger partial charge >= 0.3 is 0 Å². The maximum Gasteiger partial charge on any atom is 0.264 e. The summed E-state index contributed by atoms with van der Waals surface area (Å²) in [4.78, 5) is 13.0. The van der Waals surface area contributed by atoms with Crippen LogP contribution in [0.4, 0.5) is 10.1 Å². The second-order valence-electron chi connectivity index (χ2n) is 7.88. The molecule has 7 heteroatoms. The van der Waals surface area contributed by atoms with Crippen molar-refractivity contribution >= 4 is 21.6 Å². The number of carbonyl (C=O) groups excluding carboxylic acids is 1. The Balaban J connectivity index is 1.89. The molecule has 3 aromatic carbocycles. The van der Waals surface area contributed by atoms with Crippen LogP contribution in [0.25, 0.3) is 0 Å². The van der Waals surface area contributed by atoms with Gasteiger partial charge < -0.3 is 5.32 Å². The van der Waals surface area contributed by atoms with Crippen LogP contribution in [0.5, 0.6) is 0 Å². The summed E-state index contributed by atoms with van der Waals surface area (Å²) in [7, 11) is -4.03. The van der Waals surface area contributed by atoms with E-state index in [1.54, 1.807) is 18.2 Å². The molecule has 1 unspecified atom stereocenters. The lowest BCUT2D eigenvalue weighted by atomic mass is 9.96. The molecule has 0 aliphatic rings. The predicted octanol–water partition coefficient (Wildman–Crippen LogP) is 4.82. The lowest BCUT2D eigenvalue weighted by Crippen LogP contribution is -2.41. The molecule has 168 valence electrons. The standard InChI is InChI=1S/C25H27FN2O3S/c1-17-14-19(3)24(15-18(17)2)20(4)27-25(29)16-28(22-12-10-21(26)11-13-22)32(30,31)23-8-6-5-7-9-23/h5-15,20H,16H2,1-4H3,(H,27,29). The van der Waals surface area contributed by atoms with E-state index in [-0.39, 0.29) is 16.6 Å². The van der Waals surface area contributed by atoms with Crippen molar-refractivity contribution in [1.82, 2.24) is 5.32 Å². The molecule has 1 atom stereocenters. The number of benzene rings is 3. The molecule has 3 aromatic rings. The average Bonchev–Trinajstić information content (AvgIpc) is 2.75. The summed E-state index contributed by atoms with van der Waals surface area (Å²) in [5.41, 5.74) is 4.52. The van der Waals surface area contributed by atoms with Crippen molar-refractivity contribution in [3.05, 3.63) is 94.8 Å². The maximum absolute atomic E-state index is 13.4. The Kier molecular flexibility index (Phi) is 6.99. The van der Waals surface area contributed by atoms with Gasteiger partial charge in [-0.3, -0.25) is 9.10 Å². The van der Waals surface area contributed by atoms with E-state index in [0.29, 0.717) is 0 Å². The van der Waals surface area contributed by atoms with E-state index in [9.17, 15) is 17.6 Å². The number of nitrogens with one attached hydrogen (secondary N) is 1. The van der Waals surface area contributed by atoms with Crippen LogP contribution >= 0.6 is 0 Å². The van der Waals surface area contributed by atoms with E-state index in [1.807, 2.05) is 33.8 Å². The van der Waals surface area contributed by atoms with Gasteiger partial charge in [0, 0.05) is 0 Å². The van der Waals surface area contributed by atoms with Crippen molar-refractivity contribution in [3.63, 3.8) is 0 Å². The zero-order valence-corrected chi connectivity index (χ0v) is 19.4. The second kappa shape index (κ2) is 9.53. The normalized spacial score (nSPS) is 12.3. The third-order valence-electron chi connectivity index (χ3n) is 5.46. The monoisotopic (exact) mass is 454 g/mol. The molecule has 32 heavy (non-hydrogen) atoms. The highest BCUT2D eigenvalue weighted by Gasteiger charge is 2.27. The lowest BCUT2D eigenvalue weighted by molar-refractivity contribution is -0.120. The molecule has 1 amide bonds. The Bertz CT molecular complexity index is 1210. The fourth-order valence-electron chi connectivity index (χ4n) is 3.59. The van der Waals surface area contributed by atoms with Gasteiger partial charge in [0.05, 0.1) is 16.6 Å². The molecule has 1 N–H and O–H groups in total. The molecular formula is C25H27FN2O3S. The minimum Gasteiger partial charge on any atom is -0.348 e. The Morgan fingerprint density at radius 2 is 1.53 bits per heavy atom. The highest BCUT2D eigenvalue weighted by Crippen LogP contribution is 2.25. The molecule has 0 aliphatic carbocycles. The molecular weight excluding hydrogens is 427 g/mol. The summed E-state index contributed by atoms with van der Waals surface area (Å²) in [5.74, 6) is -0.951. The number of aryl methyl sites for hydroxylation is 3. The van der Waals surface area contributed by atoms with Crippen LogP contribution in [0, 0.1) is 26.6 Å². The zero-order valence-electron chi connectivity index (χ0n) is 18.6. The first kappa shape index (κ1) is 23.5. The van der Waals surface area contributed by atoms with Gasteiger partial charge in [-0.1, -0.05) is 30.3 Å². The smallest absolute Gasteiger partial charge is 0.264 e. The summed E-state index contributed by atoms with van der Waals surface area (Å²) in [6, 6.07) is 16.7. The van der Waals surface area contributed by atoms with Crippen molar-refractivity contribution in [2.75, 3.05) is 10.8 Å². The van der Waals surface area contributed by atoms with E-state index in [4.69, 9.17) is 0 Å². The lowest BCUT2D eigenvalue weighted by Gasteiger charge is -2.25. The molecule has 0 heterocycles. The van der Waals surface area contributed by atoms with Gasteiger partial charge in [-0.25, -0.2) is 12.8 Å². The van der Waals surface area contributed by atoms with Crippen LogP contribution in [0.3, 0.4) is 0 Å². The fraction of sp³-hybridized carbons (Fsp3) is 0.240. The van der Waals surface area contributed by atoms with Crippen LogP contribution in [0.1, 0.15) is 35.2 Å². The number of anilines is 1. The van der Waals surface area contributed by atoms with Gasteiger partial charge in [-0.15, -0.1) is 0 Å². The summed E-state index contributed by atoms with van der Waals surface area (Å²) in [6.07, 6.45) is 0. The van der Waals surface area contributed by atoms with E-state index >= 15 is 0 Å². The average molecular weight is 455 g/mol. The first-order valence-corrected chi connectivity index (χ1v) is 11.7. The molecule has 0 spiro atoms. The van der Waals surface area contributed by atoms with E-state index < -0.39 is 28.3 Å². The van der Waals surface area contributed by atoms with Crippen LogP contribution in [-0.4, -0.2) is 20.9 Å². The minimum atomic E-state index is -4.03. The molecule has 0 saturated carbocycles. The Labute approximate surface area is 188 Å². The Hall–Kier alpha value is -3.19. The van der Waals surface area contributed by atoms with E-state index in [2.05, 4.69) is 11.4 Å². The first-order valence-electron chi connectivity index (χ1n) is 10.3. The quantitative estimate of drug-likeness (QED) is 0.556. The Morgan fingerprint density at radius 1 is 0.938 bits per heavy atom. The van der Waals surface area contributed by atoms with E-state index in [1.165, 1.54) is 42.0 Å². The first-order chi connectivity index (χ1) is 15.1. The van der Waals surface area contributed by atoms with Crippen molar-refractivity contribution in [1.29, 1.82) is 0 Å². The van der Waals surface area contributed by atoms with Crippen molar-refractivity contribution in [2.24, 2.45) is 0 Å². The van der Waals surface area contributed by atoms with Crippen molar-refractivity contribution < 1.29 is 17.6 Å². The fourth-order valence-corrected chi connectivity index (χ4v) is 5.03. The molecule has 0 saturated heterocycles. The van der Waals surface area contributed by atoms with Gasteiger partial charge in [0.15, 0.2) is 0 Å². The molecule has 0 radical (unpaired) electrons. The number of rotatable bonds is 7. The highest BCUT2D eigenvalue weighted by molar-refractivity contribution is 7.92. The maximum atomic E-state index is 13.4. The minimum absolute atomic E-state index is 0.0511. The topological polar surface area (TPSA) is 66.5 Å². The van der Waals surface area contributed by atoms with Gasteiger partial charge in [0.25, 0.3) is 10.0 Å². The number of hydrogen-bond acceptors (Lipinski definition) is 3. The Morgan fingerprint density at radius 3 is 2.16 bits per heavy atom. The molecule has 0 fully saturated rings. The van der Waals surface area contributed by atoms with Crippen LogP contribution < -0.4 is 9.62 Å². The summed E-state index contributed by atoms with van der Waals surface area (Å²) >= 11 is 0. The molecule has 0 bridgehead atoms. The number of hydrogen-bond donors (Lipinski definition) is 1. The number of amides is 1. The number of carbonyl (C=O) groups is 1. The summed E-state index contributed by atoms with van der Waals surface area (Å²) < 4.78 is 41.0. The molecule has 0 aromatic heterocycles. The van der Waals surface area contributed by atoms with Gasteiger partial charge in [0.1, 0.15) is 12.4 Å². The number of nitrogens with zero attached hydrogens (tertiary/aromatic N) is 1. The highest BCUT2D eigenvalue weighted by atomic mass is 32.2. The largest absolute Gasteiger partial charge is 0.348 e. The number of sulfonamides is 1. The van der Waals surface area contributed by atoms with Gasteiger partial charge in [-0.2, -0.15) is 0 Å². The molecule has 3 rings (SSSR count). The third-order valence-corrected chi connectivity index (χ3v) is 7.25. The van der Waals surface area contributed by atoms with Crippen LogP contribution in [-0.2, 0) is 14.8 Å². The predicted molar refractivity (Wildman–Crippen MR) is 125 cm³/mol. The number of halogens is 1. The third kappa shape index (κ3) is 5.16. The van der Waals surface area contributed by atoms with Gasteiger partial charge in [0.2, 0.25) is 5.91 Å². The summed E-state index contributed by atoms with van der Waals surface area (Å²) in [5, 5.41) is 2.90. The SMILES string of the molecule is Cc1cc(C)c(C(C)NC(=O)CN(c2ccc(F)cc2)S(=O)(=O)c2ccccc2)cc1C. The van der Waals surface area contributed by atoms with Crippen LogP contribution in [0.2, 0.25) is 0 Å².